The first-order valence-electron chi connectivity index (χ1n) is 3.03. The lowest BCUT2D eigenvalue weighted by Crippen LogP contribution is -2.33. The van der Waals surface area contributed by atoms with Crippen LogP contribution in [0.4, 0.5) is 0 Å². The van der Waals surface area contributed by atoms with Crippen molar-refractivity contribution in [2.75, 3.05) is 6.61 Å². The van der Waals surface area contributed by atoms with Crippen LogP contribution < -0.4 is 5.73 Å². The highest BCUT2D eigenvalue weighted by molar-refractivity contribution is 7.81. The van der Waals surface area contributed by atoms with Crippen molar-refractivity contribution in [1.82, 2.24) is 0 Å². The van der Waals surface area contributed by atoms with Gasteiger partial charge in [0, 0.05) is 6.42 Å². The molecule has 0 aliphatic carbocycles. The van der Waals surface area contributed by atoms with Gasteiger partial charge in [-0.15, -0.1) is 12.6 Å². The van der Waals surface area contributed by atoms with E-state index in [1.807, 2.05) is 0 Å². The summed E-state index contributed by atoms with van der Waals surface area (Å²) in [5.74, 6) is 0. The molecule has 60 valence electrons. The Labute approximate surface area is 64.4 Å². The third-order valence-electron chi connectivity index (χ3n) is 1.47. The van der Waals surface area contributed by atoms with E-state index in [1.165, 1.54) is 0 Å². The average molecular weight is 165 g/mol. The summed E-state index contributed by atoms with van der Waals surface area (Å²) in [6.45, 7) is -0.222. The van der Waals surface area contributed by atoms with E-state index >= 15 is 0 Å². The maximum atomic E-state index is 9.11. The molecule has 1 unspecified atom stereocenters. The number of hydrogen-bond acceptors (Lipinski definition) is 5. The fraction of sp³-hybridized carbons (Fsp3) is 1.00. The van der Waals surface area contributed by atoms with Crippen LogP contribution in [0.1, 0.15) is 6.42 Å². The Hall–Kier alpha value is 0.190. The van der Waals surface area contributed by atoms with Crippen molar-refractivity contribution < 1.29 is 14.9 Å². The van der Waals surface area contributed by atoms with Crippen LogP contribution in [-0.2, 0) is 4.74 Å². The number of aliphatic hydroxyl groups is 2. The lowest BCUT2D eigenvalue weighted by molar-refractivity contribution is -0.0308. The van der Waals surface area contributed by atoms with Crippen molar-refractivity contribution in [2.24, 2.45) is 5.73 Å². The molecular formula is C5H11NO3S. The second-order valence-electron chi connectivity index (χ2n) is 2.46. The van der Waals surface area contributed by atoms with Gasteiger partial charge in [0.05, 0.1) is 12.7 Å². The van der Waals surface area contributed by atoms with Crippen LogP contribution in [-0.4, -0.2) is 34.1 Å². The number of thiol groups is 1. The van der Waals surface area contributed by atoms with Crippen molar-refractivity contribution in [1.29, 1.82) is 0 Å². The molecule has 0 aromatic heterocycles. The van der Waals surface area contributed by atoms with Gasteiger partial charge in [-0.3, -0.25) is 5.73 Å². The van der Waals surface area contributed by atoms with Gasteiger partial charge in [-0.25, -0.2) is 0 Å². The molecule has 4 nitrogen and oxygen atoms in total. The summed E-state index contributed by atoms with van der Waals surface area (Å²) in [6, 6.07) is 0. The number of aliphatic hydroxyl groups excluding tert-OH is 2. The molecule has 1 saturated heterocycles. The summed E-state index contributed by atoms with van der Waals surface area (Å²) in [6.07, 6.45) is -1.03. The summed E-state index contributed by atoms with van der Waals surface area (Å²) < 4.78 is 4.95. The topological polar surface area (TPSA) is 75.7 Å². The van der Waals surface area contributed by atoms with Gasteiger partial charge in [0.2, 0.25) is 0 Å². The van der Waals surface area contributed by atoms with E-state index in [0.29, 0.717) is 0 Å². The van der Waals surface area contributed by atoms with Gasteiger partial charge < -0.3 is 14.9 Å². The Kier molecular flexibility index (Phi) is 2.21. The first kappa shape index (κ1) is 8.29. The zero-order valence-corrected chi connectivity index (χ0v) is 6.29. The molecule has 0 aromatic rings. The number of ether oxygens (including phenoxy) is 1. The molecule has 1 fully saturated rings. The Morgan fingerprint density at radius 3 is 2.60 bits per heavy atom. The monoisotopic (exact) mass is 165 g/mol. The number of hydrogen-bond donors (Lipinski definition) is 4. The zero-order chi connectivity index (χ0) is 7.78. The summed E-state index contributed by atoms with van der Waals surface area (Å²) in [5, 5.41) is 16.6. The average Bonchev–Trinajstić information content (AvgIpc) is 2.05. The van der Waals surface area contributed by atoms with E-state index < -0.39 is 17.3 Å². The highest BCUT2D eigenvalue weighted by atomic mass is 32.1. The SMILES string of the molecule is NC1(S)C[C@H](O)[C@@H](CO)O1. The zero-order valence-electron chi connectivity index (χ0n) is 5.40. The lowest BCUT2D eigenvalue weighted by atomic mass is 10.2. The van der Waals surface area contributed by atoms with E-state index in [1.54, 1.807) is 0 Å². The van der Waals surface area contributed by atoms with Gasteiger partial charge in [-0.05, 0) is 0 Å². The smallest absolute Gasteiger partial charge is 0.165 e. The first-order chi connectivity index (χ1) is 4.55. The minimum absolute atomic E-state index is 0.222. The van der Waals surface area contributed by atoms with Crippen LogP contribution in [0, 0.1) is 0 Å². The quantitative estimate of drug-likeness (QED) is 0.287. The van der Waals surface area contributed by atoms with Crippen molar-refractivity contribution in [2.45, 2.75) is 23.7 Å². The Bertz CT molecular complexity index is 130. The van der Waals surface area contributed by atoms with Crippen LogP contribution in [0.15, 0.2) is 0 Å². The van der Waals surface area contributed by atoms with E-state index in [-0.39, 0.29) is 13.0 Å². The Morgan fingerprint density at radius 2 is 2.40 bits per heavy atom. The molecule has 0 radical (unpaired) electrons. The largest absolute Gasteiger partial charge is 0.394 e. The van der Waals surface area contributed by atoms with Crippen molar-refractivity contribution in [3.8, 4) is 0 Å². The van der Waals surface area contributed by atoms with Gasteiger partial charge in [0.1, 0.15) is 6.10 Å². The van der Waals surface area contributed by atoms with Crippen LogP contribution >= 0.6 is 12.6 Å². The number of nitrogens with two attached hydrogens (primary N) is 1. The molecule has 5 heteroatoms. The first-order valence-corrected chi connectivity index (χ1v) is 3.48. The molecule has 0 saturated carbocycles. The Morgan fingerprint density at radius 1 is 1.80 bits per heavy atom. The molecule has 0 aromatic carbocycles. The summed E-state index contributed by atoms with van der Waals surface area (Å²) in [7, 11) is 0. The van der Waals surface area contributed by atoms with E-state index in [2.05, 4.69) is 12.6 Å². The molecule has 0 amide bonds. The fourth-order valence-corrected chi connectivity index (χ4v) is 1.30. The molecule has 10 heavy (non-hydrogen) atoms. The maximum absolute atomic E-state index is 9.11. The van der Waals surface area contributed by atoms with Gasteiger partial charge in [0.25, 0.3) is 0 Å². The number of rotatable bonds is 1. The standard InChI is InChI=1S/C5H11NO3S/c6-5(10)1-3(8)4(2-7)9-5/h3-4,7-8,10H,1-2,6H2/t3-,4+,5?/m0/s1. The minimum atomic E-state index is -1.08. The highest BCUT2D eigenvalue weighted by Gasteiger charge is 2.40. The second-order valence-corrected chi connectivity index (χ2v) is 3.21. The molecular weight excluding hydrogens is 154 g/mol. The summed E-state index contributed by atoms with van der Waals surface area (Å²) in [5.41, 5.74) is 5.41. The van der Waals surface area contributed by atoms with E-state index in [4.69, 9.17) is 20.7 Å². The molecule has 1 rings (SSSR count). The summed E-state index contributed by atoms with van der Waals surface area (Å²) >= 11 is 3.91. The fourth-order valence-electron chi connectivity index (χ4n) is 0.979. The predicted molar refractivity (Wildman–Crippen MR) is 38.5 cm³/mol. The van der Waals surface area contributed by atoms with E-state index in [0.717, 1.165) is 0 Å². The normalized spacial score (nSPS) is 48.0. The van der Waals surface area contributed by atoms with Gasteiger partial charge in [-0.2, -0.15) is 0 Å². The molecule has 1 aliphatic heterocycles. The molecule has 0 bridgehead atoms. The van der Waals surface area contributed by atoms with Gasteiger partial charge in [-0.1, -0.05) is 0 Å². The molecule has 1 heterocycles. The molecule has 4 N–H and O–H groups in total. The van der Waals surface area contributed by atoms with Gasteiger partial charge >= 0.3 is 0 Å². The van der Waals surface area contributed by atoms with Crippen LogP contribution in [0.5, 0.6) is 0 Å². The van der Waals surface area contributed by atoms with Crippen LogP contribution in [0.3, 0.4) is 0 Å². The van der Waals surface area contributed by atoms with Crippen LogP contribution in [0.25, 0.3) is 0 Å². The summed E-state index contributed by atoms with van der Waals surface area (Å²) in [4.78, 5) is 0. The molecule has 3 atom stereocenters. The van der Waals surface area contributed by atoms with E-state index in [9.17, 15) is 0 Å². The maximum Gasteiger partial charge on any atom is 0.165 e. The second kappa shape index (κ2) is 2.67. The highest BCUT2D eigenvalue weighted by Crippen LogP contribution is 2.28. The minimum Gasteiger partial charge on any atom is -0.394 e. The molecule has 0 spiro atoms. The predicted octanol–water partition coefficient (Wildman–Crippen LogP) is -1.33. The van der Waals surface area contributed by atoms with Gasteiger partial charge in [0.15, 0.2) is 5.06 Å². The third kappa shape index (κ3) is 1.62. The van der Waals surface area contributed by atoms with Crippen LogP contribution in [0.2, 0.25) is 0 Å². The van der Waals surface area contributed by atoms with Crippen molar-refractivity contribution in [3.63, 3.8) is 0 Å². The Balaban J connectivity index is 2.52. The molecule has 1 aliphatic rings. The third-order valence-corrected chi connectivity index (χ3v) is 1.75. The van der Waals surface area contributed by atoms with Crippen molar-refractivity contribution >= 4 is 12.6 Å². The van der Waals surface area contributed by atoms with Crippen molar-refractivity contribution in [3.05, 3.63) is 0 Å². The lowest BCUT2D eigenvalue weighted by Gasteiger charge is -2.15.